The first kappa shape index (κ1) is 14.8. The first-order chi connectivity index (χ1) is 9.45. The predicted octanol–water partition coefficient (Wildman–Crippen LogP) is 1.27. The van der Waals surface area contributed by atoms with E-state index in [4.69, 9.17) is 15.2 Å². The number of methoxy groups -OCH3 is 1. The number of amides is 1. The lowest BCUT2D eigenvalue weighted by Crippen LogP contribution is -2.56. The van der Waals surface area contributed by atoms with Crippen LogP contribution in [-0.4, -0.2) is 49.3 Å². The predicted molar refractivity (Wildman–Crippen MR) is 76.9 cm³/mol. The molecule has 1 aliphatic rings. The SMILES string of the molecule is COc1ccc(C(=O)N2CC(CN)OC(C)(C)C2)cc1. The fourth-order valence-corrected chi connectivity index (χ4v) is 2.49. The Hall–Kier alpha value is -1.59. The highest BCUT2D eigenvalue weighted by Crippen LogP contribution is 2.22. The first-order valence-corrected chi connectivity index (χ1v) is 6.76. The van der Waals surface area contributed by atoms with Gasteiger partial charge in [0, 0.05) is 25.2 Å². The van der Waals surface area contributed by atoms with Crippen molar-refractivity contribution in [3.05, 3.63) is 29.8 Å². The molecule has 0 aromatic heterocycles. The molecule has 1 unspecified atom stereocenters. The zero-order valence-electron chi connectivity index (χ0n) is 12.3. The number of morpholine rings is 1. The van der Waals surface area contributed by atoms with Crippen LogP contribution in [0.3, 0.4) is 0 Å². The Morgan fingerprint density at radius 2 is 2.10 bits per heavy atom. The van der Waals surface area contributed by atoms with Gasteiger partial charge >= 0.3 is 0 Å². The molecule has 0 radical (unpaired) electrons. The minimum Gasteiger partial charge on any atom is -0.497 e. The largest absolute Gasteiger partial charge is 0.497 e. The Morgan fingerprint density at radius 1 is 1.45 bits per heavy atom. The fourth-order valence-electron chi connectivity index (χ4n) is 2.49. The highest BCUT2D eigenvalue weighted by atomic mass is 16.5. The number of hydrogen-bond acceptors (Lipinski definition) is 4. The van der Waals surface area contributed by atoms with Crippen LogP contribution < -0.4 is 10.5 Å². The molecule has 0 spiro atoms. The van der Waals surface area contributed by atoms with Crippen molar-refractivity contribution in [2.24, 2.45) is 5.73 Å². The molecule has 1 aliphatic heterocycles. The summed E-state index contributed by atoms with van der Waals surface area (Å²) in [6.07, 6.45) is -0.110. The molecule has 1 fully saturated rings. The summed E-state index contributed by atoms with van der Waals surface area (Å²) < 4.78 is 10.9. The van der Waals surface area contributed by atoms with Gasteiger partial charge in [-0.2, -0.15) is 0 Å². The molecule has 1 amide bonds. The number of carbonyl (C=O) groups is 1. The van der Waals surface area contributed by atoms with E-state index in [2.05, 4.69) is 0 Å². The molecule has 1 heterocycles. The number of nitrogens with zero attached hydrogens (tertiary/aromatic N) is 1. The van der Waals surface area contributed by atoms with Gasteiger partial charge < -0.3 is 20.1 Å². The van der Waals surface area contributed by atoms with Crippen LogP contribution in [0.15, 0.2) is 24.3 Å². The van der Waals surface area contributed by atoms with Crippen molar-refractivity contribution in [1.82, 2.24) is 4.90 Å². The third-order valence-corrected chi connectivity index (χ3v) is 3.37. The Balaban J connectivity index is 2.14. The zero-order chi connectivity index (χ0) is 14.8. The summed E-state index contributed by atoms with van der Waals surface area (Å²) in [5.74, 6) is 0.742. The quantitative estimate of drug-likeness (QED) is 0.904. The molecular weight excluding hydrogens is 256 g/mol. The summed E-state index contributed by atoms with van der Waals surface area (Å²) in [6.45, 7) is 5.46. The normalized spacial score (nSPS) is 21.6. The Morgan fingerprint density at radius 3 is 2.65 bits per heavy atom. The van der Waals surface area contributed by atoms with Crippen molar-refractivity contribution in [1.29, 1.82) is 0 Å². The molecular formula is C15H22N2O3. The Bertz CT molecular complexity index is 471. The summed E-state index contributed by atoms with van der Waals surface area (Å²) in [4.78, 5) is 14.3. The lowest BCUT2D eigenvalue weighted by Gasteiger charge is -2.42. The van der Waals surface area contributed by atoms with Gasteiger partial charge in [-0.25, -0.2) is 0 Å². The molecule has 1 aromatic rings. The second-order valence-electron chi connectivity index (χ2n) is 5.65. The monoisotopic (exact) mass is 278 g/mol. The van der Waals surface area contributed by atoms with Crippen LogP contribution in [-0.2, 0) is 4.74 Å². The van der Waals surface area contributed by atoms with Crippen molar-refractivity contribution in [3.8, 4) is 5.75 Å². The maximum atomic E-state index is 12.5. The van der Waals surface area contributed by atoms with E-state index in [-0.39, 0.29) is 17.6 Å². The van der Waals surface area contributed by atoms with Crippen molar-refractivity contribution >= 4 is 5.91 Å². The van der Waals surface area contributed by atoms with Gasteiger partial charge in [-0.05, 0) is 38.1 Å². The van der Waals surface area contributed by atoms with Crippen LogP contribution in [0, 0.1) is 0 Å². The van der Waals surface area contributed by atoms with E-state index in [1.165, 1.54) is 0 Å². The highest BCUT2D eigenvalue weighted by molar-refractivity contribution is 5.94. The smallest absolute Gasteiger partial charge is 0.254 e. The van der Waals surface area contributed by atoms with Gasteiger partial charge in [-0.1, -0.05) is 0 Å². The van der Waals surface area contributed by atoms with Crippen LogP contribution in [0.4, 0.5) is 0 Å². The van der Waals surface area contributed by atoms with Crippen LogP contribution in [0.2, 0.25) is 0 Å². The van der Waals surface area contributed by atoms with E-state index >= 15 is 0 Å². The summed E-state index contributed by atoms with van der Waals surface area (Å²) in [5.41, 5.74) is 5.97. The maximum absolute atomic E-state index is 12.5. The number of hydrogen-bond donors (Lipinski definition) is 1. The van der Waals surface area contributed by atoms with Crippen LogP contribution >= 0.6 is 0 Å². The highest BCUT2D eigenvalue weighted by Gasteiger charge is 2.35. The summed E-state index contributed by atoms with van der Waals surface area (Å²) in [7, 11) is 1.60. The van der Waals surface area contributed by atoms with Gasteiger partial charge in [0.15, 0.2) is 0 Å². The average Bonchev–Trinajstić information content (AvgIpc) is 2.44. The fraction of sp³-hybridized carbons (Fsp3) is 0.533. The molecule has 5 heteroatoms. The summed E-state index contributed by atoms with van der Waals surface area (Å²) >= 11 is 0. The van der Waals surface area contributed by atoms with E-state index < -0.39 is 0 Å². The summed E-state index contributed by atoms with van der Waals surface area (Å²) in [6, 6.07) is 7.14. The average molecular weight is 278 g/mol. The Labute approximate surface area is 119 Å². The number of benzene rings is 1. The van der Waals surface area contributed by atoms with Crippen molar-refractivity contribution in [3.63, 3.8) is 0 Å². The molecule has 110 valence electrons. The summed E-state index contributed by atoms with van der Waals surface area (Å²) in [5, 5.41) is 0. The van der Waals surface area contributed by atoms with Gasteiger partial charge in [-0.15, -0.1) is 0 Å². The molecule has 2 N–H and O–H groups in total. The molecule has 0 saturated carbocycles. The van der Waals surface area contributed by atoms with Crippen LogP contribution in [0.25, 0.3) is 0 Å². The van der Waals surface area contributed by atoms with Gasteiger partial charge in [0.1, 0.15) is 5.75 Å². The first-order valence-electron chi connectivity index (χ1n) is 6.76. The topological polar surface area (TPSA) is 64.8 Å². The molecule has 0 aliphatic carbocycles. The van der Waals surface area contributed by atoms with E-state index in [1.807, 2.05) is 18.7 Å². The van der Waals surface area contributed by atoms with Gasteiger partial charge in [0.25, 0.3) is 5.91 Å². The van der Waals surface area contributed by atoms with Crippen molar-refractivity contribution < 1.29 is 14.3 Å². The van der Waals surface area contributed by atoms with E-state index in [0.717, 1.165) is 5.75 Å². The standard InChI is InChI=1S/C15H22N2O3/c1-15(2)10-17(9-13(8-16)20-15)14(18)11-4-6-12(19-3)7-5-11/h4-7,13H,8-10,16H2,1-3H3. The van der Waals surface area contributed by atoms with Crippen molar-refractivity contribution in [2.75, 3.05) is 26.7 Å². The minimum absolute atomic E-state index is 0.00229. The maximum Gasteiger partial charge on any atom is 0.254 e. The van der Waals surface area contributed by atoms with E-state index in [1.54, 1.807) is 31.4 Å². The van der Waals surface area contributed by atoms with E-state index in [0.29, 0.717) is 25.2 Å². The van der Waals surface area contributed by atoms with Crippen LogP contribution in [0.5, 0.6) is 5.75 Å². The zero-order valence-corrected chi connectivity index (χ0v) is 12.3. The minimum atomic E-state index is -0.371. The van der Waals surface area contributed by atoms with Gasteiger partial charge in [0.05, 0.1) is 18.8 Å². The molecule has 2 rings (SSSR count). The molecule has 1 atom stereocenters. The number of ether oxygens (including phenoxy) is 2. The molecule has 1 saturated heterocycles. The third kappa shape index (κ3) is 3.29. The lowest BCUT2D eigenvalue weighted by atomic mass is 10.0. The lowest BCUT2D eigenvalue weighted by molar-refractivity contribution is -0.122. The second-order valence-corrected chi connectivity index (χ2v) is 5.65. The third-order valence-electron chi connectivity index (χ3n) is 3.37. The molecule has 5 nitrogen and oxygen atoms in total. The number of carbonyl (C=O) groups excluding carboxylic acids is 1. The Kier molecular flexibility index (Phi) is 4.30. The van der Waals surface area contributed by atoms with Crippen LogP contribution in [0.1, 0.15) is 24.2 Å². The molecule has 0 bridgehead atoms. The second kappa shape index (κ2) is 5.81. The molecule has 20 heavy (non-hydrogen) atoms. The van der Waals surface area contributed by atoms with Crippen molar-refractivity contribution in [2.45, 2.75) is 25.6 Å². The van der Waals surface area contributed by atoms with Gasteiger partial charge in [-0.3, -0.25) is 4.79 Å². The molecule has 1 aromatic carbocycles. The number of rotatable bonds is 3. The van der Waals surface area contributed by atoms with Gasteiger partial charge in [0.2, 0.25) is 0 Å². The van der Waals surface area contributed by atoms with E-state index in [9.17, 15) is 4.79 Å². The number of nitrogens with two attached hydrogens (primary N) is 1.